The van der Waals surface area contributed by atoms with Gasteiger partial charge in [-0.3, -0.25) is 9.59 Å². The first-order chi connectivity index (χ1) is 16.7. The van der Waals surface area contributed by atoms with Gasteiger partial charge in [0, 0.05) is 14.0 Å². The quantitative estimate of drug-likeness (QED) is 0.355. The van der Waals surface area contributed by atoms with Crippen molar-refractivity contribution in [1.29, 1.82) is 0 Å². The van der Waals surface area contributed by atoms with Crippen molar-refractivity contribution in [3.63, 3.8) is 0 Å². The number of rotatable bonds is 8. The van der Waals surface area contributed by atoms with Crippen molar-refractivity contribution in [3.8, 4) is 0 Å². The van der Waals surface area contributed by atoms with E-state index in [4.69, 9.17) is 14.2 Å². The first kappa shape index (κ1) is 33.3. The second-order valence-electron chi connectivity index (χ2n) is 10.3. The van der Waals surface area contributed by atoms with Gasteiger partial charge in [-0.25, -0.2) is 0 Å². The smallest absolute Gasteiger partial charge is 0.310 e. The van der Waals surface area contributed by atoms with Gasteiger partial charge in [0.05, 0.1) is 12.0 Å². The van der Waals surface area contributed by atoms with Crippen molar-refractivity contribution in [2.45, 2.75) is 99.4 Å². The summed E-state index contributed by atoms with van der Waals surface area (Å²) in [5.74, 6) is 0.230. The standard InChI is InChI=1S/C14H20O2.C9H10O2.C8H18O/c1-5-11-6-8-12(9-7-11)10-13(15)16-14(2,3)4;1-8(10)11-7-9-5-3-2-4-6-9;1-6-7(2)8(3,4)9-5/h6-9H,5,10H2,1-4H3;2-6H,7H2,1H3;7H,6H2,1-5H3/t;;7-/m..1/s1. The van der Waals surface area contributed by atoms with Crippen LogP contribution >= 0.6 is 0 Å². The molecule has 0 saturated heterocycles. The third-order valence-electron chi connectivity index (χ3n) is 5.81. The Morgan fingerprint density at radius 2 is 1.36 bits per heavy atom. The first-order valence-electron chi connectivity index (χ1n) is 12.8. The van der Waals surface area contributed by atoms with Crippen LogP contribution in [0.25, 0.3) is 0 Å². The first-order valence-corrected chi connectivity index (χ1v) is 12.8. The molecule has 0 saturated carbocycles. The Morgan fingerprint density at radius 1 is 0.833 bits per heavy atom. The Hall–Kier alpha value is -2.66. The van der Waals surface area contributed by atoms with Gasteiger partial charge in [-0.15, -0.1) is 0 Å². The van der Waals surface area contributed by atoms with E-state index < -0.39 is 5.60 Å². The van der Waals surface area contributed by atoms with E-state index in [-0.39, 0.29) is 17.5 Å². The zero-order valence-electron chi connectivity index (χ0n) is 24.1. The van der Waals surface area contributed by atoms with Crippen molar-refractivity contribution in [3.05, 3.63) is 71.3 Å². The summed E-state index contributed by atoms with van der Waals surface area (Å²) in [7, 11) is 1.77. The van der Waals surface area contributed by atoms with Crippen LogP contribution in [0.2, 0.25) is 0 Å². The molecule has 36 heavy (non-hydrogen) atoms. The van der Waals surface area contributed by atoms with Crippen molar-refractivity contribution in [2.24, 2.45) is 5.92 Å². The molecule has 202 valence electrons. The maximum atomic E-state index is 11.6. The number of benzene rings is 2. The zero-order valence-corrected chi connectivity index (χ0v) is 24.1. The van der Waals surface area contributed by atoms with Gasteiger partial charge in [-0.2, -0.15) is 0 Å². The minimum Gasteiger partial charge on any atom is -0.461 e. The van der Waals surface area contributed by atoms with Crippen LogP contribution in [0, 0.1) is 5.92 Å². The fourth-order valence-electron chi connectivity index (χ4n) is 2.89. The fraction of sp³-hybridized carbons (Fsp3) is 0.548. The molecule has 0 heterocycles. The number of ether oxygens (including phenoxy) is 3. The third kappa shape index (κ3) is 16.1. The Labute approximate surface area is 219 Å². The number of carbonyl (C=O) groups is 2. The van der Waals surface area contributed by atoms with Crippen LogP contribution in [0.1, 0.15) is 85.4 Å². The van der Waals surface area contributed by atoms with Crippen molar-refractivity contribution in [2.75, 3.05) is 7.11 Å². The molecular formula is C31H48O5. The van der Waals surface area contributed by atoms with Gasteiger partial charge in [0.1, 0.15) is 12.2 Å². The topological polar surface area (TPSA) is 61.8 Å². The summed E-state index contributed by atoms with van der Waals surface area (Å²) in [5.41, 5.74) is 2.96. The lowest BCUT2D eigenvalue weighted by Gasteiger charge is -2.29. The Balaban J connectivity index is 0.000000538. The molecule has 5 nitrogen and oxygen atoms in total. The molecular weight excluding hydrogens is 452 g/mol. The molecule has 0 aliphatic carbocycles. The van der Waals surface area contributed by atoms with E-state index in [0.29, 0.717) is 18.9 Å². The molecule has 5 heteroatoms. The van der Waals surface area contributed by atoms with Gasteiger partial charge < -0.3 is 14.2 Å². The summed E-state index contributed by atoms with van der Waals surface area (Å²) in [5, 5.41) is 0. The van der Waals surface area contributed by atoms with Crippen molar-refractivity contribution >= 4 is 11.9 Å². The van der Waals surface area contributed by atoms with Gasteiger partial charge in [0.2, 0.25) is 0 Å². The van der Waals surface area contributed by atoms with Crippen LogP contribution in [-0.4, -0.2) is 30.3 Å². The van der Waals surface area contributed by atoms with Gasteiger partial charge in [0.25, 0.3) is 0 Å². The highest BCUT2D eigenvalue weighted by Gasteiger charge is 2.22. The van der Waals surface area contributed by atoms with Crippen molar-refractivity contribution in [1.82, 2.24) is 0 Å². The predicted octanol–water partition coefficient (Wildman–Crippen LogP) is 7.34. The van der Waals surface area contributed by atoms with Gasteiger partial charge in [-0.05, 0) is 63.6 Å². The summed E-state index contributed by atoms with van der Waals surface area (Å²) >= 11 is 0. The SMILES string of the molecule is CC(=O)OCc1ccccc1.CC[C@@H](C)C(C)(C)OC.CCc1ccc(CC(=O)OC(C)(C)C)cc1. The third-order valence-corrected chi connectivity index (χ3v) is 5.81. The molecule has 2 aromatic carbocycles. The largest absolute Gasteiger partial charge is 0.461 e. The molecule has 0 aromatic heterocycles. The second-order valence-corrected chi connectivity index (χ2v) is 10.3. The van der Waals surface area contributed by atoms with Crippen LogP contribution in [0.4, 0.5) is 0 Å². The van der Waals surface area contributed by atoms with E-state index in [0.717, 1.165) is 17.5 Å². The lowest BCUT2D eigenvalue weighted by molar-refractivity contribution is -0.154. The van der Waals surface area contributed by atoms with Gasteiger partial charge >= 0.3 is 11.9 Å². The second kappa shape index (κ2) is 16.9. The molecule has 0 radical (unpaired) electrons. The number of esters is 2. The van der Waals surface area contributed by atoms with Crippen LogP contribution in [-0.2, 0) is 43.2 Å². The predicted molar refractivity (Wildman–Crippen MR) is 148 cm³/mol. The summed E-state index contributed by atoms with van der Waals surface area (Å²) in [6.45, 7) is 18.2. The average Bonchev–Trinajstić information content (AvgIpc) is 2.83. The highest BCUT2D eigenvalue weighted by molar-refractivity contribution is 5.73. The van der Waals surface area contributed by atoms with Gasteiger partial charge in [-0.1, -0.05) is 81.8 Å². The molecule has 2 aromatic rings. The number of carbonyl (C=O) groups excluding carboxylic acids is 2. The molecule has 0 aliphatic heterocycles. The molecule has 0 unspecified atom stereocenters. The molecule has 0 fully saturated rings. The van der Waals surface area contributed by atoms with E-state index in [1.54, 1.807) is 7.11 Å². The highest BCUT2D eigenvalue weighted by atomic mass is 16.6. The molecule has 0 N–H and O–H groups in total. The number of methoxy groups -OCH3 is 1. The van der Waals surface area contributed by atoms with Crippen molar-refractivity contribution < 1.29 is 23.8 Å². The Kier molecular flexibility index (Phi) is 15.7. The lowest BCUT2D eigenvalue weighted by atomic mass is 9.90. The molecule has 2 rings (SSSR count). The molecule has 0 aliphatic rings. The Bertz CT molecular complexity index is 864. The maximum Gasteiger partial charge on any atom is 0.310 e. The number of hydrogen-bond acceptors (Lipinski definition) is 5. The lowest BCUT2D eigenvalue weighted by Crippen LogP contribution is -2.30. The summed E-state index contributed by atoms with van der Waals surface area (Å²) in [6, 6.07) is 17.7. The van der Waals surface area contributed by atoms with E-state index in [1.165, 1.54) is 18.9 Å². The van der Waals surface area contributed by atoms with Crippen LogP contribution in [0.5, 0.6) is 0 Å². The zero-order chi connectivity index (χ0) is 27.8. The number of aryl methyl sites for hydroxylation is 1. The summed E-state index contributed by atoms with van der Waals surface area (Å²) < 4.78 is 15.3. The minimum absolute atomic E-state index is 0.0503. The fourth-order valence-corrected chi connectivity index (χ4v) is 2.89. The van der Waals surface area contributed by atoms with Crippen LogP contribution < -0.4 is 0 Å². The number of hydrogen-bond donors (Lipinski definition) is 0. The van der Waals surface area contributed by atoms with Gasteiger partial charge in [0.15, 0.2) is 0 Å². The monoisotopic (exact) mass is 500 g/mol. The van der Waals surface area contributed by atoms with E-state index in [1.807, 2.05) is 63.2 Å². The van der Waals surface area contributed by atoms with E-state index in [9.17, 15) is 9.59 Å². The van der Waals surface area contributed by atoms with E-state index in [2.05, 4.69) is 46.8 Å². The molecule has 0 amide bonds. The van der Waals surface area contributed by atoms with Crippen LogP contribution in [0.15, 0.2) is 54.6 Å². The minimum atomic E-state index is -0.402. The maximum absolute atomic E-state index is 11.6. The van der Waals surface area contributed by atoms with Crippen LogP contribution in [0.3, 0.4) is 0 Å². The highest BCUT2D eigenvalue weighted by Crippen LogP contribution is 2.22. The normalized spacial score (nSPS) is 11.7. The Morgan fingerprint density at radius 3 is 1.75 bits per heavy atom. The summed E-state index contributed by atoms with van der Waals surface area (Å²) in [4.78, 5) is 22.0. The molecule has 0 spiro atoms. The van der Waals surface area contributed by atoms with E-state index >= 15 is 0 Å². The molecule has 1 atom stereocenters. The summed E-state index contributed by atoms with van der Waals surface area (Å²) in [6.07, 6.45) is 2.55. The molecule has 0 bridgehead atoms. The average molecular weight is 501 g/mol.